The monoisotopic (exact) mass is 385 g/mol. The van der Waals surface area contributed by atoms with Crippen LogP contribution < -0.4 is 0 Å². The number of H-pyrrole nitrogens is 1. The molecule has 6 nitrogen and oxygen atoms in total. The van der Waals surface area contributed by atoms with E-state index in [1.807, 2.05) is 72.8 Å². The van der Waals surface area contributed by atoms with E-state index in [4.69, 9.17) is 12.2 Å². The van der Waals surface area contributed by atoms with Crippen molar-refractivity contribution >= 4 is 30.3 Å². The second-order valence-electron chi connectivity index (χ2n) is 7.87. The van der Waals surface area contributed by atoms with E-state index in [9.17, 15) is 4.79 Å². The number of benzene rings is 1. The molecule has 144 valence electrons. The third kappa shape index (κ3) is 5.14. The Labute approximate surface area is 165 Å². The zero-order chi connectivity index (χ0) is 19.4. The van der Waals surface area contributed by atoms with Gasteiger partial charge in [-0.3, -0.25) is 14.8 Å². The molecule has 0 radical (unpaired) electrons. The van der Waals surface area contributed by atoms with Crippen molar-refractivity contribution in [3.05, 3.63) is 46.5 Å². The fourth-order valence-corrected chi connectivity index (χ4v) is 3.25. The van der Waals surface area contributed by atoms with E-state index in [1.54, 1.807) is 0 Å². The van der Waals surface area contributed by atoms with Gasteiger partial charge >= 0.3 is 0 Å². The van der Waals surface area contributed by atoms with Crippen molar-refractivity contribution in [2.45, 2.75) is 27.4 Å². The van der Waals surface area contributed by atoms with E-state index >= 15 is 0 Å². The zero-order valence-electron chi connectivity index (χ0n) is 16.2. The van der Waals surface area contributed by atoms with Gasteiger partial charge in [0.2, 0.25) is 10.7 Å². The minimum absolute atomic E-state index is 0.216. The maximum absolute atomic E-state index is 12.4. The average molecular weight is 386 g/mol. The van der Waals surface area contributed by atoms with Crippen LogP contribution in [0.25, 0.3) is 12.2 Å². The molecule has 7 heteroatoms. The second kappa shape index (κ2) is 8.19. The van der Waals surface area contributed by atoms with Gasteiger partial charge in [-0.05, 0) is 23.9 Å². The molecule has 1 aromatic carbocycles. The molecule has 1 N–H and O–H groups in total. The van der Waals surface area contributed by atoms with E-state index in [1.165, 1.54) is 0 Å². The van der Waals surface area contributed by atoms with E-state index in [0.717, 1.165) is 37.6 Å². The molecule has 1 amide bonds. The third-order valence-corrected chi connectivity index (χ3v) is 4.88. The van der Waals surface area contributed by atoms with Crippen LogP contribution in [-0.4, -0.2) is 56.7 Å². The predicted octanol–water partition coefficient (Wildman–Crippen LogP) is 3.26. The van der Waals surface area contributed by atoms with Gasteiger partial charge in [0.1, 0.15) is 5.82 Å². The summed E-state index contributed by atoms with van der Waals surface area (Å²) in [7, 11) is 0. The topological polar surface area (TPSA) is 57.2 Å². The number of nitrogens with one attached hydrogen (secondary N) is 1. The first-order valence-electron chi connectivity index (χ1n) is 9.25. The minimum atomic E-state index is -0.325. The van der Waals surface area contributed by atoms with Crippen LogP contribution in [0.4, 0.5) is 0 Å². The molecule has 2 heterocycles. The van der Waals surface area contributed by atoms with Crippen LogP contribution in [0.1, 0.15) is 32.2 Å². The second-order valence-corrected chi connectivity index (χ2v) is 8.23. The first-order valence-corrected chi connectivity index (χ1v) is 9.65. The lowest BCUT2D eigenvalue weighted by atomic mass is 9.94. The molecule has 0 spiro atoms. The highest BCUT2D eigenvalue weighted by Crippen LogP contribution is 2.18. The Morgan fingerprint density at radius 2 is 1.81 bits per heavy atom. The fraction of sp³-hybridized carbons (Fsp3) is 0.450. The van der Waals surface area contributed by atoms with Crippen LogP contribution in [0, 0.1) is 10.2 Å². The molecule has 0 aliphatic carbocycles. The Hall–Kier alpha value is -2.25. The molecule has 1 aromatic heterocycles. The molecule has 0 saturated carbocycles. The van der Waals surface area contributed by atoms with Crippen LogP contribution in [0.3, 0.4) is 0 Å². The lowest BCUT2D eigenvalue weighted by Gasteiger charge is -2.37. The molecule has 27 heavy (non-hydrogen) atoms. The zero-order valence-corrected chi connectivity index (χ0v) is 17.0. The average Bonchev–Trinajstić information content (AvgIpc) is 3.00. The van der Waals surface area contributed by atoms with Gasteiger partial charge in [-0.15, -0.1) is 0 Å². The quantitative estimate of drug-likeness (QED) is 0.821. The summed E-state index contributed by atoms with van der Waals surface area (Å²) in [5, 5.41) is 3.25. The van der Waals surface area contributed by atoms with E-state index in [-0.39, 0.29) is 11.3 Å². The van der Waals surface area contributed by atoms with E-state index < -0.39 is 0 Å². The maximum Gasteiger partial charge on any atom is 0.228 e. The van der Waals surface area contributed by atoms with Crippen molar-refractivity contribution in [2.24, 2.45) is 5.41 Å². The highest BCUT2D eigenvalue weighted by molar-refractivity contribution is 7.71. The molecule has 0 unspecified atom stereocenters. The Morgan fingerprint density at radius 3 is 2.44 bits per heavy atom. The van der Waals surface area contributed by atoms with Crippen molar-refractivity contribution in [2.75, 3.05) is 26.2 Å². The highest BCUT2D eigenvalue weighted by Gasteiger charge is 2.29. The van der Waals surface area contributed by atoms with Gasteiger partial charge < -0.3 is 4.90 Å². The molecule has 2 aromatic rings. The molecule has 1 saturated heterocycles. The van der Waals surface area contributed by atoms with Crippen LogP contribution >= 0.6 is 12.2 Å². The minimum Gasteiger partial charge on any atom is -0.340 e. The summed E-state index contributed by atoms with van der Waals surface area (Å²) in [5.41, 5.74) is 0.791. The first-order chi connectivity index (χ1) is 12.8. The molecule has 0 atom stereocenters. The van der Waals surface area contributed by atoms with Gasteiger partial charge in [0.05, 0.1) is 6.67 Å². The molecular formula is C20H27N5OS. The summed E-state index contributed by atoms with van der Waals surface area (Å²) in [6, 6.07) is 10.1. The summed E-state index contributed by atoms with van der Waals surface area (Å²) in [6.07, 6.45) is 3.94. The number of nitrogens with zero attached hydrogens (tertiary/aromatic N) is 4. The number of hydrogen-bond acceptors (Lipinski definition) is 4. The number of carbonyl (C=O) groups is 1. The smallest absolute Gasteiger partial charge is 0.228 e. The number of aromatic amines is 1. The Kier molecular flexibility index (Phi) is 5.92. The number of amides is 1. The first kappa shape index (κ1) is 19.5. The van der Waals surface area contributed by atoms with Gasteiger partial charge in [0.15, 0.2) is 0 Å². The lowest BCUT2D eigenvalue weighted by molar-refractivity contribution is -0.141. The summed E-state index contributed by atoms with van der Waals surface area (Å²) < 4.78 is 2.41. The lowest BCUT2D eigenvalue weighted by Crippen LogP contribution is -2.51. The summed E-state index contributed by atoms with van der Waals surface area (Å²) in [5.74, 6) is 0.957. The van der Waals surface area contributed by atoms with Crippen molar-refractivity contribution in [3.63, 3.8) is 0 Å². The van der Waals surface area contributed by atoms with Crippen LogP contribution in [0.15, 0.2) is 30.3 Å². The molecule has 0 bridgehead atoms. The molecule has 1 aliphatic heterocycles. The van der Waals surface area contributed by atoms with E-state index in [0.29, 0.717) is 11.4 Å². The molecule has 3 rings (SSSR count). The number of piperazine rings is 1. The van der Waals surface area contributed by atoms with Gasteiger partial charge in [0.25, 0.3) is 0 Å². The number of hydrogen-bond donors (Lipinski definition) is 1. The number of rotatable bonds is 4. The summed E-state index contributed by atoms with van der Waals surface area (Å²) >= 11 is 5.38. The van der Waals surface area contributed by atoms with E-state index in [2.05, 4.69) is 15.0 Å². The summed E-state index contributed by atoms with van der Waals surface area (Å²) in [6.45, 7) is 9.72. The van der Waals surface area contributed by atoms with Gasteiger partial charge in [-0.1, -0.05) is 57.2 Å². The third-order valence-electron chi connectivity index (χ3n) is 4.57. The van der Waals surface area contributed by atoms with Gasteiger partial charge in [-0.25, -0.2) is 4.68 Å². The number of carbonyl (C=O) groups excluding carboxylic acids is 1. The predicted molar refractivity (Wildman–Crippen MR) is 110 cm³/mol. The Bertz CT molecular complexity index is 854. The SMILES string of the molecule is CC(C)(C)C(=O)N1CCN(Cn2[nH]c(/C=C/c3ccccc3)nc2=S)CC1. The largest absolute Gasteiger partial charge is 0.340 e. The molecule has 1 aliphatic rings. The molecular weight excluding hydrogens is 358 g/mol. The van der Waals surface area contributed by atoms with Crippen LogP contribution in [0.5, 0.6) is 0 Å². The van der Waals surface area contributed by atoms with Gasteiger partial charge in [0, 0.05) is 31.6 Å². The Morgan fingerprint density at radius 1 is 1.15 bits per heavy atom. The fourth-order valence-electron chi connectivity index (χ4n) is 3.05. The maximum atomic E-state index is 12.4. The van der Waals surface area contributed by atoms with Crippen LogP contribution in [0.2, 0.25) is 0 Å². The van der Waals surface area contributed by atoms with Crippen molar-refractivity contribution in [3.8, 4) is 0 Å². The van der Waals surface area contributed by atoms with Crippen LogP contribution in [-0.2, 0) is 11.5 Å². The standard InChI is InChI=1S/C20H27N5OS/c1-20(2,3)18(26)24-13-11-23(12-14-24)15-25-19(27)21-17(22-25)10-9-16-7-5-4-6-8-16/h4-10H,11-15H2,1-3H3,(H,21,22,27)/b10-9+. The van der Waals surface area contributed by atoms with Crippen molar-refractivity contribution in [1.29, 1.82) is 0 Å². The normalized spacial score (nSPS) is 16.2. The summed E-state index contributed by atoms with van der Waals surface area (Å²) in [4.78, 5) is 21.0. The van der Waals surface area contributed by atoms with Crippen molar-refractivity contribution < 1.29 is 4.79 Å². The Balaban J connectivity index is 1.58. The number of aromatic nitrogens is 3. The van der Waals surface area contributed by atoms with Gasteiger partial charge in [-0.2, -0.15) is 4.98 Å². The highest BCUT2D eigenvalue weighted by atomic mass is 32.1. The van der Waals surface area contributed by atoms with Crippen molar-refractivity contribution in [1.82, 2.24) is 24.6 Å². The molecule has 1 fully saturated rings.